The van der Waals surface area contributed by atoms with Crippen LogP contribution in [0.1, 0.15) is 45.4 Å². The van der Waals surface area contributed by atoms with Crippen LogP contribution in [0.25, 0.3) is 0 Å². The van der Waals surface area contributed by atoms with E-state index in [2.05, 4.69) is 12.6 Å². The summed E-state index contributed by atoms with van der Waals surface area (Å²) in [6, 6.07) is 0. The average Bonchev–Trinajstić information content (AvgIpc) is 2.34. The van der Waals surface area contributed by atoms with Gasteiger partial charge in [-0.25, -0.2) is 0 Å². The second-order valence-corrected chi connectivity index (χ2v) is 4.49. The van der Waals surface area contributed by atoms with Gasteiger partial charge in [-0.15, -0.1) is 12.6 Å². The van der Waals surface area contributed by atoms with Crippen molar-refractivity contribution in [2.24, 2.45) is 0 Å². The molecule has 4 heteroatoms. The van der Waals surface area contributed by atoms with Crippen LogP contribution in [0.5, 0.6) is 0 Å². The Morgan fingerprint density at radius 2 is 1.06 bits per heavy atom. The highest BCUT2D eigenvalue weighted by Crippen LogP contribution is 2.02. The molecule has 0 aromatic rings. The third-order valence-corrected chi connectivity index (χ3v) is 2.15. The first kappa shape index (κ1) is 15.9. The number of carbonyl (C=O) groups is 1. The van der Waals surface area contributed by atoms with E-state index < -0.39 is 0 Å². The summed E-state index contributed by atoms with van der Waals surface area (Å²) in [5, 5.41) is -0.139. The summed E-state index contributed by atoms with van der Waals surface area (Å²) in [6.07, 6.45) is 7.86. The molecule has 16 heavy (non-hydrogen) atoms. The molecule has 2 rings (SSSR count). The molecule has 0 radical (unpaired) electrons. The Morgan fingerprint density at radius 1 is 0.812 bits per heavy atom. The highest BCUT2D eigenvalue weighted by atomic mass is 32.1. The largest absolute Gasteiger partial charge is 0.381 e. The molecule has 0 bridgehead atoms. The number of rotatable bonds is 0. The van der Waals surface area contributed by atoms with E-state index in [4.69, 9.17) is 9.47 Å². The highest BCUT2D eigenvalue weighted by molar-refractivity contribution is 7.96. The molecule has 2 saturated heterocycles. The van der Waals surface area contributed by atoms with Gasteiger partial charge in [0.15, 0.2) is 5.12 Å². The second kappa shape index (κ2) is 13.0. The van der Waals surface area contributed by atoms with Crippen molar-refractivity contribution in [3.8, 4) is 0 Å². The fourth-order valence-electron chi connectivity index (χ4n) is 1.37. The van der Waals surface area contributed by atoms with Crippen LogP contribution in [-0.4, -0.2) is 31.5 Å². The Kier molecular flexibility index (Phi) is 13.0. The predicted octanol–water partition coefficient (Wildman–Crippen LogP) is 2.84. The molecule has 0 aromatic heterocycles. The lowest BCUT2D eigenvalue weighted by Gasteiger charge is -2.08. The van der Waals surface area contributed by atoms with Crippen molar-refractivity contribution in [2.75, 3.05) is 26.4 Å². The number of hydrogen-bond acceptors (Lipinski definition) is 3. The molecule has 0 spiro atoms. The Labute approximate surface area is 104 Å². The summed E-state index contributed by atoms with van der Waals surface area (Å²) in [5.74, 6) is 0. The Balaban J connectivity index is 0.000000217. The zero-order chi connectivity index (χ0) is 12.1. The van der Waals surface area contributed by atoms with Crippen molar-refractivity contribution >= 4 is 17.7 Å². The van der Waals surface area contributed by atoms with Gasteiger partial charge in [0, 0.05) is 33.4 Å². The van der Waals surface area contributed by atoms with Crippen LogP contribution in [0.15, 0.2) is 0 Å². The van der Waals surface area contributed by atoms with Gasteiger partial charge in [0.25, 0.3) is 0 Å². The zero-order valence-corrected chi connectivity index (χ0v) is 11.1. The van der Waals surface area contributed by atoms with Gasteiger partial charge in [0.05, 0.1) is 0 Å². The van der Waals surface area contributed by atoms with E-state index in [0.717, 1.165) is 26.4 Å². The minimum atomic E-state index is -0.139. The molecule has 0 N–H and O–H groups in total. The smallest absolute Gasteiger partial charge is 0.182 e. The van der Waals surface area contributed by atoms with Crippen molar-refractivity contribution in [3.05, 3.63) is 0 Å². The summed E-state index contributed by atoms with van der Waals surface area (Å²) in [6.45, 7) is 5.39. The lowest BCUT2D eigenvalue weighted by atomic mass is 10.2. The topological polar surface area (TPSA) is 35.5 Å². The summed E-state index contributed by atoms with van der Waals surface area (Å²) in [4.78, 5) is 9.31. The van der Waals surface area contributed by atoms with Gasteiger partial charge >= 0.3 is 0 Å². The van der Waals surface area contributed by atoms with Gasteiger partial charge in [-0.2, -0.15) is 0 Å². The molecule has 2 fully saturated rings. The van der Waals surface area contributed by atoms with Crippen LogP contribution in [-0.2, 0) is 14.3 Å². The van der Waals surface area contributed by atoms with E-state index >= 15 is 0 Å². The molecule has 0 aliphatic carbocycles. The van der Waals surface area contributed by atoms with Crippen LogP contribution in [0, 0.1) is 0 Å². The number of ether oxygens (including phenoxy) is 2. The average molecular weight is 248 g/mol. The maximum Gasteiger partial charge on any atom is 0.182 e. The third-order valence-electron chi connectivity index (χ3n) is 2.15. The van der Waals surface area contributed by atoms with Crippen molar-refractivity contribution in [1.29, 1.82) is 0 Å². The van der Waals surface area contributed by atoms with Crippen molar-refractivity contribution < 1.29 is 14.3 Å². The van der Waals surface area contributed by atoms with Crippen molar-refractivity contribution in [3.63, 3.8) is 0 Å². The SMILES string of the molecule is C1CCOCC1.C1CCOCC1.CC(=O)S. The van der Waals surface area contributed by atoms with Crippen LogP contribution < -0.4 is 0 Å². The molecule has 2 aliphatic rings. The predicted molar refractivity (Wildman–Crippen MR) is 69.0 cm³/mol. The summed E-state index contributed by atoms with van der Waals surface area (Å²) < 4.78 is 10.1. The molecule has 96 valence electrons. The van der Waals surface area contributed by atoms with Gasteiger partial charge < -0.3 is 9.47 Å². The number of carbonyl (C=O) groups excluding carboxylic acids is 1. The Bertz CT molecular complexity index is 115. The molecule has 0 amide bonds. The minimum Gasteiger partial charge on any atom is -0.381 e. The molecular weight excluding hydrogens is 224 g/mol. The number of hydrogen-bond donors (Lipinski definition) is 1. The molecule has 0 saturated carbocycles. The van der Waals surface area contributed by atoms with E-state index in [1.165, 1.54) is 45.4 Å². The second-order valence-electron chi connectivity index (χ2n) is 3.87. The molecule has 3 nitrogen and oxygen atoms in total. The normalized spacial score (nSPS) is 19.6. The van der Waals surface area contributed by atoms with Crippen molar-refractivity contribution in [2.45, 2.75) is 45.4 Å². The lowest BCUT2D eigenvalue weighted by Crippen LogP contribution is -2.03. The van der Waals surface area contributed by atoms with Crippen LogP contribution >= 0.6 is 12.6 Å². The van der Waals surface area contributed by atoms with E-state index in [9.17, 15) is 4.79 Å². The minimum absolute atomic E-state index is 0.139. The monoisotopic (exact) mass is 248 g/mol. The maximum absolute atomic E-state index is 9.31. The van der Waals surface area contributed by atoms with Crippen LogP contribution in [0.4, 0.5) is 0 Å². The standard InChI is InChI=1S/2C5H10O.C2H4OS/c2*1-2-4-6-5-3-1;1-2(3)4/h2*1-5H2;1H3,(H,3,4). The van der Waals surface area contributed by atoms with Gasteiger partial charge in [0.1, 0.15) is 0 Å². The van der Waals surface area contributed by atoms with E-state index in [1.54, 1.807) is 0 Å². The van der Waals surface area contributed by atoms with Gasteiger partial charge in [-0.3, -0.25) is 4.79 Å². The first-order valence-electron chi connectivity index (χ1n) is 6.08. The highest BCUT2D eigenvalue weighted by Gasteiger charge is 1.95. The first-order chi connectivity index (χ1) is 7.73. The van der Waals surface area contributed by atoms with Crippen LogP contribution in [0.3, 0.4) is 0 Å². The molecule has 2 heterocycles. The van der Waals surface area contributed by atoms with Gasteiger partial charge in [-0.1, -0.05) is 0 Å². The van der Waals surface area contributed by atoms with Gasteiger partial charge in [-0.05, 0) is 38.5 Å². The summed E-state index contributed by atoms with van der Waals surface area (Å²) in [7, 11) is 0. The lowest BCUT2D eigenvalue weighted by molar-refractivity contribution is -0.108. The van der Waals surface area contributed by atoms with Gasteiger partial charge in [0.2, 0.25) is 0 Å². The number of thiol groups is 1. The first-order valence-corrected chi connectivity index (χ1v) is 6.53. The Hall–Kier alpha value is -0.0600. The van der Waals surface area contributed by atoms with Crippen molar-refractivity contribution in [1.82, 2.24) is 0 Å². The molecule has 0 unspecified atom stereocenters. The zero-order valence-electron chi connectivity index (χ0n) is 10.2. The summed E-state index contributed by atoms with van der Waals surface area (Å²) >= 11 is 3.33. The fraction of sp³-hybridized carbons (Fsp3) is 0.917. The Morgan fingerprint density at radius 3 is 1.12 bits per heavy atom. The molecule has 2 aliphatic heterocycles. The third kappa shape index (κ3) is 16.4. The van der Waals surface area contributed by atoms with E-state index in [-0.39, 0.29) is 5.12 Å². The molecular formula is C12H24O3S. The van der Waals surface area contributed by atoms with E-state index in [0.29, 0.717) is 0 Å². The fourth-order valence-corrected chi connectivity index (χ4v) is 1.37. The molecule has 0 atom stereocenters. The maximum atomic E-state index is 9.31. The quantitative estimate of drug-likeness (QED) is 0.670. The summed E-state index contributed by atoms with van der Waals surface area (Å²) in [5.41, 5.74) is 0. The van der Waals surface area contributed by atoms with Crippen LogP contribution in [0.2, 0.25) is 0 Å². The van der Waals surface area contributed by atoms with E-state index in [1.807, 2.05) is 0 Å². The molecule has 0 aromatic carbocycles.